The average Bonchev–Trinajstić information content (AvgIpc) is 2.97. The third-order valence-corrected chi connectivity index (χ3v) is 3.69. The third kappa shape index (κ3) is 3.45. The number of hydrogen-bond acceptors (Lipinski definition) is 3. The summed E-state index contributed by atoms with van der Waals surface area (Å²) in [5, 5.41) is 12.7. The molecule has 6 heteroatoms. The van der Waals surface area contributed by atoms with Gasteiger partial charge in [-0.15, -0.1) is 0 Å². The molecule has 0 unspecified atom stereocenters. The lowest BCUT2D eigenvalue weighted by Crippen LogP contribution is -2.13. The van der Waals surface area contributed by atoms with Crippen LogP contribution in [0.2, 0.25) is 5.02 Å². The highest BCUT2D eigenvalue weighted by Gasteiger charge is 2.14. The van der Waals surface area contributed by atoms with Gasteiger partial charge in [0.15, 0.2) is 11.5 Å². The van der Waals surface area contributed by atoms with Crippen molar-refractivity contribution in [2.45, 2.75) is 6.54 Å². The highest BCUT2D eigenvalue weighted by molar-refractivity contribution is 6.30. The second kappa shape index (κ2) is 6.99. The minimum atomic E-state index is -0.305. The Balaban J connectivity index is 1.82. The number of anilines is 1. The van der Waals surface area contributed by atoms with Crippen molar-refractivity contribution in [1.82, 2.24) is 9.55 Å². The van der Waals surface area contributed by atoms with Crippen molar-refractivity contribution in [2.75, 3.05) is 5.32 Å². The van der Waals surface area contributed by atoms with Crippen LogP contribution in [0.4, 0.5) is 5.82 Å². The van der Waals surface area contributed by atoms with Gasteiger partial charge >= 0.3 is 0 Å². The number of benzene rings is 2. The number of hydrogen-bond donors (Lipinski definition) is 1. The SMILES string of the molecule is N#Cc1c(NC(=O)c2ccccc2)ncn1Cc1cccc(Cl)c1. The second-order valence-electron chi connectivity index (χ2n) is 5.13. The van der Waals surface area contributed by atoms with Crippen LogP contribution in [0.1, 0.15) is 21.6 Å². The van der Waals surface area contributed by atoms with Gasteiger partial charge in [0.05, 0.1) is 6.33 Å². The molecular formula is C18H13ClN4O. The molecule has 24 heavy (non-hydrogen) atoms. The molecule has 3 aromatic rings. The highest BCUT2D eigenvalue weighted by atomic mass is 35.5. The number of aromatic nitrogens is 2. The zero-order valence-electron chi connectivity index (χ0n) is 12.6. The average molecular weight is 337 g/mol. The molecule has 1 aromatic heterocycles. The predicted molar refractivity (Wildman–Crippen MR) is 91.9 cm³/mol. The summed E-state index contributed by atoms with van der Waals surface area (Å²) in [6.45, 7) is 0.442. The van der Waals surface area contributed by atoms with Gasteiger partial charge in [-0.2, -0.15) is 5.26 Å². The van der Waals surface area contributed by atoms with E-state index in [1.165, 1.54) is 6.33 Å². The number of carbonyl (C=O) groups excluding carboxylic acids is 1. The predicted octanol–water partition coefficient (Wildman–Crippen LogP) is 3.71. The van der Waals surface area contributed by atoms with Gasteiger partial charge in [0, 0.05) is 17.1 Å². The Morgan fingerprint density at radius 3 is 2.71 bits per heavy atom. The van der Waals surface area contributed by atoms with Gasteiger partial charge in [0.1, 0.15) is 6.07 Å². The van der Waals surface area contributed by atoms with Crippen LogP contribution in [0, 0.1) is 11.3 Å². The molecule has 0 aliphatic heterocycles. The summed E-state index contributed by atoms with van der Waals surface area (Å²) >= 11 is 5.98. The van der Waals surface area contributed by atoms with E-state index in [1.807, 2.05) is 24.3 Å². The molecule has 118 valence electrons. The van der Waals surface area contributed by atoms with Crippen molar-refractivity contribution in [3.05, 3.63) is 82.8 Å². The Kier molecular flexibility index (Phi) is 4.59. The van der Waals surface area contributed by atoms with E-state index in [1.54, 1.807) is 34.9 Å². The fourth-order valence-corrected chi connectivity index (χ4v) is 2.52. The molecular weight excluding hydrogens is 324 g/mol. The minimum Gasteiger partial charge on any atom is -0.316 e. The summed E-state index contributed by atoms with van der Waals surface area (Å²) in [5.74, 6) is -0.0616. The van der Waals surface area contributed by atoms with Gasteiger partial charge in [-0.1, -0.05) is 41.9 Å². The van der Waals surface area contributed by atoms with E-state index in [4.69, 9.17) is 11.6 Å². The number of imidazole rings is 1. The van der Waals surface area contributed by atoms with E-state index in [2.05, 4.69) is 16.4 Å². The zero-order chi connectivity index (χ0) is 16.9. The van der Waals surface area contributed by atoms with Crippen molar-refractivity contribution >= 4 is 23.3 Å². The normalized spacial score (nSPS) is 10.2. The maximum absolute atomic E-state index is 12.2. The van der Waals surface area contributed by atoms with E-state index < -0.39 is 0 Å². The summed E-state index contributed by atoms with van der Waals surface area (Å²) < 4.78 is 1.67. The van der Waals surface area contributed by atoms with Crippen LogP contribution < -0.4 is 5.32 Å². The standard InChI is InChI=1S/C18H13ClN4O/c19-15-8-4-5-13(9-15)11-23-12-21-17(16(23)10-20)22-18(24)14-6-2-1-3-7-14/h1-9,12H,11H2,(H,22,24). The second-order valence-corrected chi connectivity index (χ2v) is 5.57. The van der Waals surface area contributed by atoms with Gasteiger partial charge in [0.2, 0.25) is 0 Å². The van der Waals surface area contributed by atoms with Crippen molar-refractivity contribution in [3.63, 3.8) is 0 Å². The van der Waals surface area contributed by atoms with E-state index in [-0.39, 0.29) is 11.7 Å². The molecule has 0 atom stereocenters. The Hall–Kier alpha value is -3.10. The topological polar surface area (TPSA) is 70.7 Å². The molecule has 0 radical (unpaired) electrons. The number of nitrogens with one attached hydrogen (secondary N) is 1. The number of carbonyl (C=O) groups is 1. The summed E-state index contributed by atoms with van der Waals surface area (Å²) in [6.07, 6.45) is 1.53. The van der Waals surface area contributed by atoms with E-state index in [9.17, 15) is 10.1 Å². The summed E-state index contributed by atoms with van der Waals surface area (Å²) in [4.78, 5) is 16.4. The van der Waals surface area contributed by atoms with Crippen molar-refractivity contribution < 1.29 is 4.79 Å². The quantitative estimate of drug-likeness (QED) is 0.789. The lowest BCUT2D eigenvalue weighted by molar-refractivity contribution is 0.102. The van der Waals surface area contributed by atoms with Gasteiger partial charge in [-0.25, -0.2) is 4.98 Å². The van der Waals surface area contributed by atoms with Gasteiger partial charge in [0.25, 0.3) is 5.91 Å². The fraction of sp³-hybridized carbons (Fsp3) is 0.0556. The smallest absolute Gasteiger partial charge is 0.256 e. The molecule has 0 bridgehead atoms. The fourth-order valence-electron chi connectivity index (χ4n) is 2.31. The van der Waals surface area contributed by atoms with Crippen LogP contribution in [-0.2, 0) is 6.54 Å². The minimum absolute atomic E-state index is 0.244. The molecule has 1 N–H and O–H groups in total. The van der Waals surface area contributed by atoms with Crippen LogP contribution in [0.25, 0.3) is 0 Å². The van der Waals surface area contributed by atoms with Crippen LogP contribution in [-0.4, -0.2) is 15.5 Å². The number of rotatable bonds is 4. The van der Waals surface area contributed by atoms with Crippen LogP contribution >= 0.6 is 11.6 Å². The maximum atomic E-state index is 12.2. The molecule has 0 fully saturated rings. The largest absolute Gasteiger partial charge is 0.316 e. The van der Waals surface area contributed by atoms with Crippen molar-refractivity contribution in [3.8, 4) is 6.07 Å². The third-order valence-electron chi connectivity index (χ3n) is 3.45. The molecule has 3 rings (SSSR count). The van der Waals surface area contributed by atoms with E-state index in [0.29, 0.717) is 22.8 Å². The number of halogens is 1. The summed E-state index contributed by atoms with van der Waals surface area (Å²) in [5.41, 5.74) is 1.74. The van der Waals surface area contributed by atoms with Gasteiger partial charge in [-0.3, -0.25) is 4.79 Å². The highest BCUT2D eigenvalue weighted by Crippen LogP contribution is 2.17. The molecule has 0 spiro atoms. The lowest BCUT2D eigenvalue weighted by atomic mass is 10.2. The molecule has 5 nitrogen and oxygen atoms in total. The van der Waals surface area contributed by atoms with Crippen molar-refractivity contribution in [1.29, 1.82) is 5.26 Å². The molecule has 0 saturated heterocycles. The Morgan fingerprint density at radius 2 is 2.00 bits per heavy atom. The number of nitriles is 1. The van der Waals surface area contributed by atoms with E-state index >= 15 is 0 Å². The number of amides is 1. The number of nitrogens with zero attached hydrogens (tertiary/aromatic N) is 3. The molecule has 0 saturated carbocycles. The maximum Gasteiger partial charge on any atom is 0.256 e. The lowest BCUT2D eigenvalue weighted by Gasteiger charge is -2.06. The Labute approximate surface area is 144 Å². The first-order chi connectivity index (χ1) is 11.7. The molecule has 0 aliphatic carbocycles. The Bertz CT molecular complexity index is 912. The van der Waals surface area contributed by atoms with Gasteiger partial charge < -0.3 is 9.88 Å². The summed E-state index contributed by atoms with van der Waals surface area (Å²) in [7, 11) is 0. The Morgan fingerprint density at radius 1 is 1.21 bits per heavy atom. The van der Waals surface area contributed by atoms with Gasteiger partial charge in [-0.05, 0) is 29.8 Å². The first-order valence-electron chi connectivity index (χ1n) is 7.23. The first-order valence-corrected chi connectivity index (χ1v) is 7.61. The van der Waals surface area contributed by atoms with Crippen LogP contribution in [0.15, 0.2) is 60.9 Å². The molecule has 0 aliphatic rings. The first kappa shape index (κ1) is 15.8. The zero-order valence-corrected chi connectivity index (χ0v) is 13.4. The van der Waals surface area contributed by atoms with E-state index in [0.717, 1.165) is 5.56 Å². The summed E-state index contributed by atoms with van der Waals surface area (Å²) in [6, 6.07) is 18.2. The van der Waals surface area contributed by atoms with Crippen LogP contribution in [0.3, 0.4) is 0 Å². The van der Waals surface area contributed by atoms with Crippen molar-refractivity contribution in [2.24, 2.45) is 0 Å². The molecule has 1 amide bonds. The molecule has 2 aromatic carbocycles. The molecule has 1 heterocycles. The van der Waals surface area contributed by atoms with Crippen LogP contribution in [0.5, 0.6) is 0 Å². The monoisotopic (exact) mass is 336 g/mol.